The molecule has 0 radical (unpaired) electrons. The molecule has 1 nitrogen and oxygen atoms in total. The molecule has 1 atom stereocenters. The van der Waals surface area contributed by atoms with E-state index >= 15 is 0 Å². The van der Waals surface area contributed by atoms with Gasteiger partial charge in [-0.3, -0.25) is 0 Å². The van der Waals surface area contributed by atoms with Gasteiger partial charge in [0.05, 0.1) is 11.8 Å². The summed E-state index contributed by atoms with van der Waals surface area (Å²) in [6.45, 7) is 8.02. The number of rotatable bonds is 2. The van der Waals surface area contributed by atoms with Crippen molar-refractivity contribution >= 4 is 16.8 Å². The number of hydrogen-bond acceptors (Lipinski definition) is 0. The minimum absolute atomic E-state index is 0.00667. The first-order chi connectivity index (χ1) is 13.6. The van der Waals surface area contributed by atoms with Gasteiger partial charge in [0.2, 0.25) is 0 Å². The molecular formula is C25H25F3N+. The molecule has 0 aliphatic carbocycles. The molecule has 2 N–H and O–H groups in total. The summed E-state index contributed by atoms with van der Waals surface area (Å²) in [4.78, 5) is 0. The first-order valence-corrected chi connectivity index (χ1v) is 9.92. The first-order valence-electron chi connectivity index (χ1n) is 9.92. The van der Waals surface area contributed by atoms with Gasteiger partial charge in [-0.15, -0.1) is 0 Å². The van der Waals surface area contributed by atoms with Crippen molar-refractivity contribution < 1.29 is 18.5 Å². The lowest BCUT2D eigenvalue weighted by atomic mass is 9.85. The fourth-order valence-corrected chi connectivity index (χ4v) is 4.45. The van der Waals surface area contributed by atoms with Gasteiger partial charge in [0.15, 0.2) is 0 Å². The van der Waals surface area contributed by atoms with Crippen LogP contribution in [0.3, 0.4) is 0 Å². The van der Waals surface area contributed by atoms with Crippen LogP contribution in [0.5, 0.6) is 0 Å². The van der Waals surface area contributed by atoms with Gasteiger partial charge in [-0.2, -0.15) is 13.2 Å². The Hall–Kier alpha value is -2.59. The Morgan fingerprint density at radius 3 is 2.21 bits per heavy atom. The average Bonchev–Trinajstić information content (AvgIpc) is 2.64. The second-order valence-electron chi connectivity index (χ2n) is 8.33. The molecule has 0 fully saturated rings. The molecule has 0 bridgehead atoms. The van der Waals surface area contributed by atoms with E-state index in [1.54, 1.807) is 0 Å². The fraction of sp³-hybridized carbons (Fsp3) is 0.280. The van der Waals surface area contributed by atoms with Crippen molar-refractivity contribution in [1.82, 2.24) is 0 Å². The van der Waals surface area contributed by atoms with Crippen LogP contribution in [0, 0.1) is 13.8 Å². The van der Waals surface area contributed by atoms with E-state index in [0.717, 1.165) is 22.1 Å². The van der Waals surface area contributed by atoms with Crippen LogP contribution in [0.15, 0.2) is 48.7 Å². The topological polar surface area (TPSA) is 16.6 Å². The lowest BCUT2D eigenvalue weighted by Crippen LogP contribution is -2.80. The minimum atomic E-state index is -4.36. The van der Waals surface area contributed by atoms with Crippen LogP contribution in [-0.4, -0.2) is 0 Å². The van der Waals surface area contributed by atoms with Crippen molar-refractivity contribution in [2.75, 3.05) is 0 Å². The van der Waals surface area contributed by atoms with Gasteiger partial charge in [0, 0.05) is 11.1 Å². The van der Waals surface area contributed by atoms with E-state index < -0.39 is 11.7 Å². The Morgan fingerprint density at radius 1 is 0.897 bits per heavy atom. The number of aryl methyl sites for hydroxylation is 2. The largest absolute Gasteiger partial charge is 0.416 e. The van der Waals surface area contributed by atoms with E-state index in [-0.39, 0.29) is 12.0 Å². The Labute approximate surface area is 169 Å². The lowest BCUT2D eigenvalue weighted by molar-refractivity contribution is -0.623. The molecule has 4 rings (SSSR count). The summed E-state index contributed by atoms with van der Waals surface area (Å²) in [5, 5.41) is 3.71. The maximum Gasteiger partial charge on any atom is 0.416 e. The molecule has 29 heavy (non-hydrogen) atoms. The minimum Gasteiger partial charge on any atom is -0.310 e. The van der Waals surface area contributed by atoms with Crippen LogP contribution >= 0.6 is 0 Å². The van der Waals surface area contributed by atoms with Gasteiger partial charge in [-0.05, 0) is 72.0 Å². The van der Waals surface area contributed by atoms with Crippen LogP contribution in [0.4, 0.5) is 13.2 Å². The maximum absolute atomic E-state index is 13.6. The molecule has 1 aliphatic rings. The summed E-state index contributed by atoms with van der Waals surface area (Å²) in [7, 11) is 0. The predicted molar refractivity (Wildman–Crippen MR) is 112 cm³/mol. The highest BCUT2D eigenvalue weighted by Crippen LogP contribution is 2.39. The van der Waals surface area contributed by atoms with Crippen LogP contribution in [0.25, 0.3) is 16.8 Å². The number of halogens is 3. The summed E-state index contributed by atoms with van der Waals surface area (Å²) in [6.07, 6.45) is -0.446. The molecule has 1 heterocycles. The summed E-state index contributed by atoms with van der Waals surface area (Å²) < 4.78 is 40.8. The molecule has 1 unspecified atom stereocenters. The van der Waals surface area contributed by atoms with Crippen molar-refractivity contribution in [2.45, 2.75) is 45.8 Å². The third kappa shape index (κ3) is 3.58. The van der Waals surface area contributed by atoms with Crippen LogP contribution in [-0.2, 0) is 6.18 Å². The molecule has 0 amide bonds. The number of benzene rings is 3. The standard InChI is InChI=1S/C25H24F3N/c1-14(2)22-12-18(25(26,27)28)13-23-19(22)5-6-21-20(23)7-8-29-24(21)17-10-15(3)9-16(4)11-17/h5-14,24,29H,1-4H3/p+1. The summed E-state index contributed by atoms with van der Waals surface area (Å²) in [6, 6.07) is 13.2. The molecule has 0 saturated carbocycles. The zero-order chi connectivity index (χ0) is 20.9. The molecule has 3 aromatic carbocycles. The SMILES string of the molecule is Cc1cc(C)cc(C2[NH2+]C=Cc3c2ccc2c(C(C)C)cc(C(F)(F)F)cc32)c1. The van der Waals surface area contributed by atoms with Gasteiger partial charge >= 0.3 is 6.18 Å². The highest BCUT2D eigenvalue weighted by Gasteiger charge is 2.33. The monoisotopic (exact) mass is 396 g/mol. The number of quaternary nitrogens is 1. The third-order valence-corrected chi connectivity index (χ3v) is 5.70. The molecule has 0 aromatic heterocycles. The average molecular weight is 396 g/mol. The van der Waals surface area contributed by atoms with Gasteiger partial charge in [0.25, 0.3) is 0 Å². The Balaban J connectivity index is 1.98. The van der Waals surface area contributed by atoms with Gasteiger partial charge in [0.1, 0.15) is 6.04 Å². The van der Waals surface area contributed by atoms with Crippen LogP contribution in [0.2, 0.25) is 0 Å². The summed E-state index contributed by atoms with van der Waals surface area (Å²) >= 11 is 0. The number of nitrogens with two attached hydrogens (primary N) is 1. The van der Waals surface area contributed by atoms with E-state index in [0.29, 0.717) is 5.39 Å². The van der Waals surface area contributed by atoms with E-state index in [4.69, 9.17) is 0 Å². The highest BCUT2D eigenvalue weighted by molar-refractivity contribution is 5.95. The second-order valence-corrected chi connectivity index (χ2v) is 8.33. The number of alkyl halides is 3. The number of fused-ring (bicyclic) bond motifs is 3. The zero-order valence-electron chi connectivity index (χ0n) is 17.1. The van der Waals surface area contributed by atoms with Crippen molar-refractivity contribution in [3.63, 3.8) is 0 Å². The number of hydrogen-bond donors (Lipinski definition) is 1. The van der Waals surface area contributed by atoms with Crippen molar-refractivity contribution in [3.8, 4) is 0 Å². The Kier molecular flexibility index (Phi) is 4.78. The molecule has 0 saturated heterocycles. The summed E-state index contributed by atoms with van der Waals surface area (Å²) in [5.41, 5.74) is 5.65. The van der Waals surface area contributed by atoms with E-state index in [9.17, 15) is 13.2 Å². The van der Waals surface area contributed by atoms with Crippen molar-refractivity contribution in [1.29, 1.82) is 0 Å². The van der Waals surface area contributed by atoms with Crippen molar-refractivity contribution in [3.05, 3.63) is 87.6 Å². The van der Waals surface area contributed by atoms with Crippen molar-refractivity contribution in [2.24, 2.45) is 0 Å². The quantitative estimate of drug-likeness (QED) is 0.528. The normalized spacial score (nSPS) is 16.5. The summed E-state index contributed by atoms with van der Waals surface area (Å²) in [5.74, 6) is 0.00667. The fourth-order valence-electron chi connectivity index (χ4n) is 4.45. The molecule has 3 aromatic rings. The molecular weight excluding hydrogens is 371 g/mol. The lowest BCUT2D eigenvalue weighted by Gasteiger charge is -2.24. The first kappa shape index (κ1) is 19.7. The van der Waals surface area contributed by atoms with Gasteiger partial charge in [-0.1, -0.05) is 43.2 Å². The molecule has 150 valence electrons. The van der Waals surface area contributed by atoms with E-state index in [1.165, 1.54) is 28.8 Å². The smallest absolute Gasteiger partial charge is 0.310 e. The van der Waals surface area contributed by atoms with E-state index in [2.05, 4.69) is 43.4 Å². The van der Waals surface area contributed by atoms with Crippen LogP contribution < -0.4 is 5.32 Å². The Bertz CT molecular complexity index is 1100. The van der Waals surface area contributed by atoms with E-state index in [1.807, 2.05) is 32.2 Å². The van der Waals surface area contributed by atoms with Gasteiger partial charge < -0.3 is 5.32 Å². The molecule has 4 heteroatoms. The Morgan fingerprint density at radius 2 is 1.59 bits per heavy atom. The molecule has 1 aliphatic heterocycles. The maximum atomic E-state index is 13.6. The zero-order valence-corrected chi connectivity index (χ0v) is 17.1. The van der Waals surface area contributed by atoms with Crippen LogP contribution in [0.1, 0.15) is 64.8 Å². The highest BCUT2D eigenvalue weighted by atomic mass is 19.4. The second kappa shape index (κ2) is 7.03. The predicted octanol–water partition coefficient (Wildman–Crippen LogP) is 6.24. The third-order valence-electron chi connectivity index (χ3n) is 5.70. The molecule has 0 spiro atoms. The van der Waals surface area contributed by atoms with Gasteiger partial charge in [-0.25, -0.2) is 0 Å².